The van der Waals surface area contributed by atoms with Crippen molar-refractivity contribution in [3.8, 4) is 0 Å². The van der Waals surface area contributed by atoms with Crippen molar-refractivity contribution in [3.05, 3.63) is 35.0 Å². The van der Waals surface area contributed by atoms with E-state index in [1.165, 1.54) is 23.5 Å². The highest BCUT2D eigenvalue weighted by Crippen LogP contribution is 2.27. The van der Waals surface area contributed by atoms with Gasteiger partial charge in [0.1, 0.15) is 5.82 Å². The summed E-state index contributed by atoms with van der Waals surface area (Å²) < 4.78 is 14.2. The molecule has 0 unspecified atom stereocenters. The quantitative estimate of drug-likeness (QED) is 0.880. The minimum Gasteiger partial charge on any atom is -0.392 e. The van der Waals surface area contributed by atoms with Crippen molar-refractivity contribution < 1.29 is 14.3 Å². The molecule has 2 rings (SSSR count). The standard InChI is InChI=1S/C12H12FNO2S/c1-7(15)6-14-12(16)11-5-8-9(13)3-2-4-10(8)17-11/h2-5,7,15H,6H2,1H3,(H,14,16)/t7-/m0/s1. The van der Waals surface area contributed by atoms with Crippen molar-refractivity contribution in [3.63, 3.8) is 0 Å². The Labute approximate surface area is 102 Å². The lowest BCUT2D eigenvalue weighted by molar-refractivity contribution is 0.0928. The predicted molar refractivity (Wildman–Crippen MR) is 65.8 cm³/mol. The van der Waals surface area contributed by atoms with E-state index in [1.54, 1.807) is 19.1 Å². The van der Waals surface area contributed by atoms with Crippen LogP contribution < -0.4 is 5.32 Å². The third kappa shape index (κ3) is 2.62. The van der Waals surface area contributed by atoms with E-state index in [0.29, 0.717) is 10.3 Å². The van der Waals surface area contributed by atoms with Gasteiger partial charge in [-0.2, -0.15) is 0 Å². The summed E-state index contributed by atoms with van der Waals surface area (Å²) in [7, 11) is 0. The molecule has 0 radical (unpaired) electrons. The molecule has 0 spiro atoms. The number of carbonyl (C=O) groups excluding carboxylic acids is 1. The Morgan fingerprint density at radius 2 is 2.35 bits per heavy atom. The Kier molecular flexibility index (Phi) is 3.40. The van der Waals surface area contributed by atoms with E-state index < -0.39 is 6.10 Å². The summed E-state index contributed by atoms with van der Waals surface area (Å²) in [6.07, 6.45) is -0.593. The lowest BCUT2D eigenvalue weighted by Crippen LogP contribution is -2.29. The minimum atomic E-state index is -0.593. The molecule has 0 bridgehead atoms. The molecule has 0 aliphatic heterocycles. The lowest BCUT2D eigenvalue weighted by Gasteiger charge is -2.04. The van der Waals surface area contributed by atoms with Crippen LogP contribution in [-0.4, -0.2) is 23.7 Å². The van der Waals surface area contributed by atoms with Gasteiger partial charge in [0.25, 0.3) is 5.91 Å². The highest BCUT2D eigenvalue weighted by Gasteiger charge is 2.12. The third-order valence-corrected chi connectivity index (χ3v) is 3.39. The van der Waals surface area contributed by atoms with Crippen molar-refractivity contribution in [1.29, 1.82) is 0 Å². The first-order valence-electron chi connectivity index (χ1n) is 5.22. The van der Waals surface area contributed by atoms with Crippen molar-refractivity contribution in [1.82, 2.24) is 5.32 Å². The summed E-state index contributed by atoms with van der Waals surface area (Å²) in [5.74, 6) is -0.611. The van der Waals surface area contributed by atoms with Crippen LogP contribution in [0.5, 0.6) is 0 Å². The van der Waals surface area contributed by atoms with Crippen molar-refractivity contribution in [2.24, 2.45) is 0 Å². The van der Waals surface area contributed by atoms with Gasteiger partial charge in [0.15, 0.2) is 0 Å². The number of thiophene rings is 1. The fourth-order valence-corrected chi connectivity index (χ4v) is 2.46. The van der Waals surface area contributed by atoms with Crippen LogP contribution in [0.15, 0.2) is 24.3 Å². The molecule has 2 aromatic rings. The molecule has 90 valence electrons. The van der Waals surface area contributed by atoms with E-state index >= 15 is 0 Å². The monoisotopic (exact) mass is 253 g/mol. The van der Waals surface area contributed by atoms with E-state index in [1.807, 2.05) is 0 Å². The second-order valence-electron chi connectivity index (χ2n) is 3.82. The Bertz CT molecular complexity index is 550. The van der Waals surface area contributed by atoms with E-state index in [2.05, 4.69) is 5.32 Å². The van der Waals surface area contributed by atoms with Crippen LogP contribution in [-0.2, 0) is 0 Å². The largest absolute Gasteiger partial charge is 0.392 e. The summed E-state index contributed by atoms with van der Waals surface area (Å²) in [6.45, 7) is 1.78. The van der Waals surface area contributed by atoms with E-state index in [4.69, 9.17) is 5.11 Å². The number of rotatable bonds is 3. The lowest BCUT2D eigenvalue weighted by atomic mass is 10.2. The van der Waals surface area contributed by atoms with Gasteiger partial charge in [-0.3, -0.25) is 4.79 Å². The highest BCUT2D eigenvalue weighted by atomic mass is 32.1. The van der Waals surface area contributed by atoms with E-state index in [-0.39, 0.29) is 18.3 Å². The summed E-state index contributed by atoms with van der Waals surface area (Å²) >= 11 is 1.24. The molecule has 0 aliphatic rings. The molecular formula is C12H12FNO2S. The Morgan fingerprint density at radius 1 is 1.59 bits per heavy atom. The summed E-state index contributed by atoms with van der Waals surface area (Å²) in [6, 6.07) is 6.29. The summed E-state index contributed by atoms with van der Waals surface area (Å²) in [4.78, 5) is 12.1. The number of nitrogens with one attached hydrogen (secondary N) is 1. The maximum Gasteiger partial charge on any atom is 0.261 e. The van der Waals surface area contributed by atoms with Gasteiger partial charge < -0.3 is 10.4 Å². The van der Waals surface area contributed by atoms with E-state index in [9.17, 15) is 9.18 Å². The number of hydrogen-bond donors (Lipinski definition) is 2. The van der Waals surface area contributed by atoms with Gasteiger partial charge in [0.2, 0.25) is 0 Å². The van der Waals surface area contributed by atoms with Crippen molar-refractivity contribution in [2.45, 2.75) is 13.0 Å². The number of carbonyl (C=O) groups is 1. The van der Waals surface area contributed by atoms with Crippen molar-refractivity contribution in [2.75, 3.05) is 6.54 Å². The molecule has 3 nitrogen and oxygen atoms in total. The van der Waals surface area contributed by atoms with Gasteiger partial charge in [0, 0.05) is 16.6 Å². The molecule has 0 saturated carbocycles. The summed E-state index contributed by atoms with van der Waals surface area (Å²) in [5.41, 5.74) is 0. The zero-order chi connectivity index (χ0) is 12.4. The molecule has 5 heteroatoms. The molecule has 1 aromatic carbocycles. The first kappa shape index (κ1) is 12.0. The van der Waals surface area contributed by atoms with Gasteiger partial charge in [0.05, 0.1) is 11.0 Å². The number of aliphatic hydroxyl groups is 1. The number of benzene rings is 1. The van der Waals surface area contributed by atoms with E-state index in [0.717, 1.165) is 4.70 Å². The molecular weight excluding hydrogens is 241 g/mol. The number of aliphatic hydroxyl groups excluding tert-OH is 1. The van der Waals surface area contributed by atoms with Crippen LogP contribution in [0.1, 0.15) is 16.6 Å². The molecule has 1 heterocycles. The maximum atomic E-state index is 13.4. The minimum absolute atomic E-state index is 0.190. The average molecular weight is 253 g/mol. The van der Waals surface area contributed by atoms with Crippen LogP contribution in [0.4, 0.5) is 4.39 Å². The normalized spacial score (nSPS) is 12.6. The fourth-order valence-electron chi connectivity index (χ4n) is 1.46. The average Bonchev–Trinajstić information content (AvgIpc) is 2.71. The van der Waals surface area contributed by atoms with Gasteiger partial charge in [-0.15, -0.1) is 11.3 Å². The zero-order valence-corrected chi connectivity index (χ0v) is 10.1. The zero-order valence-electron chi connectivity index (χ0n) is 9.24. The molecule has 17 heavy (non-hydrogen) atoms. The van der Waals surface area contributed by atoms with Crippen LogP contribution in [0.25, 0.3) is 10.1 Å². The topological polar surface area (TPSA) is 49.3 Å². The molecule has 0 saturated heterocycles. The Hall–Kier alpha value is -1.46. The highest BCUT2D eigenvalue weighted by molar-refractivity contribution is 7.20. The predicted octanol–water partition coefficient (Wildman–Crippen LogP) is 2.15. The number of amides is 1. The Morgan fingerprint density at radius 3 is 3.00 bits per heavy atom. The first-order valence-corrected chi connectivity index (χ1v) is 6.04. The second kappa shape index (κ2) is 4.81. The molecule has 0 aliphatic carbocycles. The van der Waals surface area contributed by atoms with Crippen LogP contribution in [0.2, 0.25) is 0 Å². The smallest absolute Gasteiger partial charge is 0.261 e. The maximum absolute atomic E-state index is 13.4. The second-order valence-corrected chi connectivity index (χ2v) is 4.91. The number of hydrogen-bond acceptors (Lipinski definition) is 3. The SMILES string of the molecule is C[C@H](O)CNC(=O)c1cc2c(F)cccc2s1. The third-order valence-electron chi connectivity index (χ3n) is 2.29. The molecule has 0 fully saturated rings. The van der Waals surface area contributed by atoms with Crippen LogP contribution in [0.3, 0.4) is 0 Å². The number of fused-ring (bicyclic) bond motifs is 1. The van der Waals surface area contributed by atoms with Gasteiger partial charge in [-0.25, -0.2) is 4.39 Å². The molecule has 1 amide bonds. The van der Waals surface area contributed by atoms with Crippen LogP contribution in [0, 0.1) is 5.82 Å². The van der Waals surface area contributed by atoms with Crippen molar-refractivity contribution >= 4 is 27.3 Å². The number of halogens is 1. The molecule has 1 atom stereocenters. The van der Waals surface area contributed by atoms with Gasteiger partial charge >= 0.3 is 0 Å². The first-order chi connectivity index (χ1) is 8.08. The molecule has 1 aromatic heterocycles. The Balaban J connectivity index is 2.24. The summed E-state index contributed by atoms with van der Waals surface area (Å²) in [5, 5.41) is 12.1. The fraction of sp³-hybridized carbons (Fsp3) is 0.250. The van der Waals surface area contributed by atoms with Crippen LogP contribution >= 0.6 is 11.3 Å². The van der Waals surface area contributed by atoms with Gasteiger partial charge in [-0.1, -0.05) is 6.07 Å². The van der Waals surface area contributed by atoms with Gasteiger partial charge in [-0.05, 0) is 25.1 Å². The molecule has 2 N–H and O–H groups in total.